The molecule has 1 saturated heterocycles. The van der Waals surface area contributed by atoms with Gasteiger partial charge in [-0.15, -0.1) is 0 Å². The van der Waals surface area contributed by atoms with E-state index in [-0.39, 0.29) is 43.2 Å². The van der Waals surface area contributed by atoms with Crippen molar-refractivity contribution in [3.05, 3.63) is 12.2 Å². The molecule has 1 amide bonds. The Kier molecular flexibility index (Phi) is 3.82. The van der Waals surface area contributed by atoms with Gasteiger partial charge in [0, 0.05) is 17.4 Å². The van der Waals surface area contributed by atoms with E-state index in [1.807, 2.05) is 6.92 Å². The number of hydrogen-bond donors (Lipinski definition) is 1. The number of carbonyl (C=O) groups is 3. The van der Waals surface area contributed by atoms with Crippen molar-refractivity contribution in [3.8, 4) is 0 Å². The monoisotopic (exact) mass is 323 g/mol. The first-order valence-electron chi connectivity index (χ1n) is 7.81. The third-order valence-corrected chi connectivity index (χ3v) is 5.15. The Morgan fingerprint density at radius 3 is 2.91 bits per heavy atom. The van der Waals surface area contributed by atoms with Gasteiger partial charge in [0.15, 0.2) is 0 Å². The fourth-order valence-electron chi connectivity index (χ4n) is 4.00. The number of rotatable bonds is 5. The number of hydrogen-bond acceptors (Lipinski definition) is 6. The van der Waals surface area contributed by atoms with Crippen LogP contribution in [0.4, 0.5) is 4.79 Å². The molecule has 7 nitrogen and oxygen atoms in total. The molecule has 3 aliphatic rings. The standard InChI is InChI=1S/C16H21NO6/c1-8(2)13(18)21-5-4-17-15(20)23-11-9-6-10-12(11)22-14(19)16(10,3)7-9/h9-12H,1,4-7H2,2-3H3,(H,17,20). The van der Waals surface area contributed by atoms with Gasteiger partial charge in [0.25, 0.3) is 0 Å². The molecule has 7 heteroatoms. The van der Waals surface area contributed by atoms with Gasteiger partial charge >= 0.3 is 18.0 Å². The minimum absolute atomic E-state index is 0.0496. The molecule has 0 spiro atoms. The summed E-state index contributed by atoms with van der Waals surface area (Å²) >= 11 is 0. The number of alkyl carbamates (subject to hydrolysis) is 1. The van der Waals surface area contributed by atoms with E-state index in [1.54, 1.807) is 6.92 Å². The predicted molar refractivity (Wildman–Crippen MR) is 78.2 cm³/mol. The summed E-state index contributed by atoms with van der Waals surface area (Å²) in [6, 6.07) is 0. The fourth-order valence-corrected chi connectivity index (χ4v) is 4.00. The van der Waals surface area contributed by atoms with Crippen molar-refractivity contribution in [2.24, 2.45) is 17.3 Å². The predicted octanol–water partition coefficient (Wildman–Crippen LogP) is 1.17. The highest BCUT2D eigenvalue weighted by atomic mass is 16.6. The molecule has 3 fully saturated rings. The zero-order valence-corrected chi connectivity index (χ0v) is 13.3. The van der Waals surface area contributed by atoms with Crippen LogP contribution in [-0.4, -0.2) is 43.4 Å². The van der Waals surface area contributed by atoms with Crippen LogP contribution in [0.1, 0.15) is 26.7 Å². The molecule has 0 radical (unpaired) electrons. The minimum atomic E-state index is -0.585. The molecule has 1 aliphatic heterocycles. The topological polar surface area (TPSA) is 90.9 Å². The van der Waals surface area contributed by atoms with Crippen LogP contribution in [0.3, 0.4) is 0 Å². The molecule has 5 atom stereocenters. The van der Waals surface area contributed by atoms with E-state index in [4.69, 9.17) is 14.2 Å². The number of amides is 1. The van der Waals surface area contributed by atoms with Gasteiger partial charge in [0.05, 0.1) is 12.0 Å². The van der Waals surface area contributed by atoms with Gasteiger partial charge in [0.1, 0.15) is 18.8 Å². The molecule has 5 unspecified atom stereocenters. The van der Waals surface area contributed by atoms with Gasteiger partial charge in [-0.3, -0.25) is 4.79 Å². The average molecular weight is 323 g/mol. The Morgan fingerprint density at radius 2 is 2.22 bits per heavy atom. The second kappa shape index (κ2) is 5.54. The second-order valence-electron chi connectivity index (χ2n) is 6.81. The molecular weight excluding hydrogens is 302 g/mol. The van der Waals surface area contributed by atoms with Crippen LogP contribution in [0.25, 0.3) is 0 Å². The number of fused-ring (bicyclic) bond motifs is 1. The first-order valence-corrected chi connectivity index (χ1v) is 7.81. The van der Waals surface area contributed by atoms with E-state index in [0.717, 1.165) is 6.42 Å². The minimum Gasteiger partial charge on any atom is -0.460 e. The van der Waals surface area contributed by atoms with E-state index in [0.29, 0.717) is 12.0 Å². The number of esters is 2. The van der Waals surface area contributed by atoms with Crippen LogP contribution in [0.2, 0.25) is 0 Å². The molecule has 2 bridgehead atoms. The van der Waals surface area contributed by atoms with Crippen molar-refractivity contribution in [2.45, 2.75) is 38.9 Å². The van der Waals surface area contributed by atoms with E-state index in [2.05, 4.69) is 11.9 Å². The quantitative estimate of drug-likeness (QED) is 0.353. The number of carbonyl (C=O) groups excluding carboxylic acids is 3. The van der Waals surface area contributed by atoms with Crippen molar-refractivity contribution in [1.29, 1.82) is 0 Å². The Labute approximate surface area is 134 Å². The Hall–Kier alpha value is -2.05. The van der Waals surface area contributed by atoms with Gasteiger partial charge in [-0.2, -0.15) is 0 Å². The molecule has 0 aromatic carbocycles. The van der Waals surface area contributed by atoms with E-state index in [9.17, 15) is 14.4 Å². The molecule has 2 saturated carbocycles. The molecule has 1 N–H and O–H groups in total. The summed E-state index contributed by atoms with van der Waals surface area (Å²) in [6.07, 6.45) is 0.289. The van der Waals surface area contributed by atoms with Crippen molar-refractivity contribution in [1.82, 2.24) is 5.32 Å². The highest BCUT2D eigenvalue weighted by Gasteiger charge is 2.69. The number of nitrogens with one attached hydrogen (secondary N) is 1. The summed E-state index contributed by atoms with van der Waals surface area (Å²) in [5.41, 5.74) is -0.0942. The summed E-state index contributed by atoms with van der Waals surface area (Å²) < 4.78 is 15.7. The first-order chi connectivity index (χ1) is 10.8. The zero-order valence-electron chi connectivity index (χ0n) is 13.3. The first kappa shape index (κ1) is 15.8. The Morgan fingerprint density at radius 1 is 1.48 bits per heavy atom. The van der Waals surface area contributed by atoms with Gasteiger partial charge in [0.2, 0.25) is 0 Å². The Balaban J connectivity index is 1.44. The summed E-state index contributed by atoms with van der Waals surface area (Å²) in [5.74, 6) is -0.346. The van der Waals surface area contributed by atoms with Gasteiger partial charge in [-0.05, 0) is 26.7 Å². The van der Waals surface area contributed by atoms with Crippen molar-refractivity contribution in [3.63, 3.8) is 0 Å². The second-order valence-corrected chi connectivity index (χ2v) is 6.81. The van der Waals surface area contributed by atoms with Crippen LogP contribution >= 0.6 is 0 Å². The van der Waals surface area contributed by atoms with Crippen molar-refractivity contribution < 1.29 is 28.6 Å². The lowest BCUT2D eigenvalue weighted by Crippen LogP contribution is -2.41. The fraction of sp³-hybridized carbons (Fsp3) is 0.688. The Bertz CT molecular complexity index is 573. The van der Waals surface area contributed by atoms with Crippen LogP contribution in [0.5, 0.6) is 0 Å². The lowest BCUT2D eigenvalue weighted by atomic mass is 9.75. The molecule has 3 rings (SSSR count). The molecule has 0 aromatic heterocycles. The van der Waals surface area contributed by atoms with Crippen molar-refractivity contribution in [2.75, 3.05) is 13.2 Å². The third kappa shape index (κ3) is 2.58. The van der Waals surface area contributed by atoms with Gasteiger partial charge < -0.3 is 19.5 Å². The van der Waals surface area contributed by atoms with E-state index in [1.165, 1.54) is 0 Å². The summed E-state index contributed by atoms with van der Waals surface area (Å²) in [7, 11) is 0. The van der Waals surface area contributed by atoms with Crippen LogP contribution in [0, 0.1) is 17.3 Å². The van der Waals surface area contributed by atoms with E-state index < -0.39 is 17.5 Å². The van der Waals surface area contributed by atoms with E-state index >= 15 is 0 Å². The maximum atomic E-state index is 11.9. The van der Waals surface area contributed by atoms with Crippen LogP contribution < -0.4 is 5.32 Å². The normalized spacial score (nSPS) is 36.5. The summed E-state index contributed by atoms with van der Waals surface area (Å²) in [6.45, 7) is 7.16. The lowest BCUT2D eigenvalue weighted by molar-refractivity contribution is -0.148. The summed E-state index contributed by atoms with van der Waals surface area (Å²) in [4.78, 5) is 35.0. The van der Waals surface area contributed by atoms with Crippen LogP contribution in [0.15, 0.2) is 12.2 Å². The SMILES string of the molecule is C=C(C)C(=O)OCCNC(=O)OC1C2CC3C1OC(=O)C3(C)C2. The van der Waals surface area contributed by atoms with Gasteiger partial charge in [-0.25, -0.2) is 9.59 Å². The largest absolute Gasteiger partial charge is 0.460 e. The van der Waals surface area contributed by atoms with Gasteiger partial charge in [-0.1, -0.05) is 6.58 Å². The maximum absolute atomic E-state index is 11.9. The molecule has 0 aromatic rings. The third-order valence-electron chi connectivity index (χ3n) is 5.15. The lowest BCUT2D eigenvalue weighted by Gasteiger charge is -2.29. The highest BCUT2D eigenvalue weighted by Crippen LogP contribution is 2.62. The number of ether oxygens (including phenoxy) is 3. The smallest absolute Gasteiger partial charge is 0.407 e. The average Bonchev–Trinajstić information content (AvgIpc) is 3.04. The van der Waals surface area contributed by atoms with Crippen molar-refractivity contribution >= 4 is 18.0 Å². The maximum Gasteiger partial charge on any atom is 0.407 e. The molecular formula is C16H21NO6. The zero-order chi connectivity index (χ0) is 16.8. The summed E-state index contributed by atoms with van der Waals surface area (Å²) in [5, 5.41) is 2.53. The molecule has 2 aliphatic carbocycles. The molecule has 126 valence electrons. The highest BCUT2D eigenvalue weighted by molar-refractivity contribution is 5.86. The van der Waals surface area contributed by atoms with Crippen LogP contribution in [-0.2, 0) is 23.8 Å². The molecule has 23 heavy (non-hydrogen) atoms. The molecule has 1 heterocycles.